The third-order valence-corrected chi connectivity index (χ3v) is 4.18. The molecule has 0 aliphatic heterocycles. The van der Waals surface area contributed by atoms with Gasteiger partial charge < -0.3 is 0 Å². The summed E-state index contributed by atoms with van der Waals surface area (Å²) in [5.74, 6) is 0.903. The van der Waals surface area contributed by atoms with E-state index < -0.39 is 0 Å². The molecule has 0 aliphatic carbocycles. The highest BCUT2D eigenvalue weighted by Gasteiger charge is 2.16. The third kappa shape index (κ3) is 3.91. The van der Waals surface area contributed by atoms with Crippen molar-refractivity contribution in [3.63, 3.8) is 0 Å². The van der Waals surface area contributed by atoms with Gasteiger partial charge in [-0.1, -0.05) is 62.4 Å². The first-order valence-electron chi connectivity index (χ1n) is 8.53. The van der Waals surface area contributed by atoms with E-state index in [1.165, 1.54) is 0 Å². The zero-order chi connectivity index (χ0) is 18.5. The minimum atomic E-state index is -0.297. The molecule has 132 valence electrons. The van der Waals surface area contributed by atoms with Crippen LogP contribution in [-0.4, -0.2) is 38.7 Å². The van der Waals surface area contributed by atoms with E-state index in [0.717, 1.165) is 22.3 Å². The number of carbonyl (C=O) groups is 1. The number of aromatic amines is 1. The van der Waals surface area contributed by atoms with Gasteiger partial charge in [-0.15, -0.1) is 5.10 Å². The topological polar surface area (TPSA) is 83.9 Å². The van der Waals surface area contributed by atoms with Crippen molar-refractivity contribution in [3.05, 3.63) is 54.1 Å². The van der Waals surface area contributed by atoms with Crippen molar-refractivity contribution >= 4 is 12.0 Å². The average Bonchev–Trinajstić information content (AvgIpc) is 3.16. The van der Waals surface area contributed by atoms with E-state index in [4.69, 9.17) is 0 Å². The second kappa shape index (κ2) is 7.82. The molecule has 1 atom stereocenters. The van der Waals surface area contributed by atoms with Crippen molar-refractivity contribution in [1.29, 1.82) is 0 Å². The van der Waals surface area contributed by atoms with Gasteiger partial charge in [-0.25, -0.2) is 5.10 Å². The fourth-order valence-electron chi connectivity index (χ4n) is 2.88. The van der Waals surface area contributed by atoms with Crippen LogP contribution in [0.4, 0.5) is 0 Å². The smallest absolute Gasteiger partial charge is 0.180 e. The molecular weight excluding hydrogens is 326 g/mol. The Morgan fingerprint density at radius 2 is 1.77 bits per heavy atom. The Bertz CT molecular complexity index is 898. The molecule has 0 aliphatic rings. The molecule has 6 heteroatoms. The summed E-state index contributed by atoms with van der Waals surface area (Å²) in [6.07, 6.45) is 1.77. The van der Waals surface area contributed by atoms with Crippen LogP contribution >= 0.6 is 0 Å². The fraction of sp³-hybridized carbons (Fsp3) is 0.250. The highest BCUT2D eigenvalue weighted by molar-refractivity contribution is 5.88. The van der Waals surface area contributed by atoms with Crippen LogP contribution in [0.1, 0.15) is 26.3 Å². The molecule has 1 aromatic heterocycles. The number of carbonyl (C=O) groups excluding carboxylic acids is 1. The number of Topliss-reactive ketones (excluding diaryl/α,β-unsaturated/α-hetero) is 1. The van der Waals surface area contributed by atoms with Crippen molar-refractivity contribution in [2.45, 2.75) is 26.8 Å². The lowest BCUT2D eigenvalue weighted by atomic mass is 9.98. The molecule has 0 unspecified atom stereocenters. The van der Waals surface area contributed by atoms with E-state index in [2.05, 4.69) is 25.6 Å². The zero-order valence-corrected chi connectivity index (χ0v) is 15.0. The van der Waals surface area contributed by atoms with Crippen molar-refractivity contribution in [2.75, 3.05) is 0 Å². The van der Waals surface area contributed by atoms with E-state index in [-0.39, 0.29) is 17.7 Å². The van der Waals surface area contributed by atoms with Crippen molar-refractivity contribution in [3.8, 4) is 22.5 Å². The van der Waals surface area contributed by atoms with Crippen molar-refractivity contribution in [2.24, 2.45) is 10.9 Å². The number of H-pyrrole nitrogens is 1. The molecule has 0 spiro atoms. The first-order valence-corrected chi connectivity index (χ1v) is 8.53. The number of hydrogen-bond acceptors (Lipinski definition) is 5. The SMILES string of the molecule is CC(=O)[C@@H](/N=C/c1ccc(-c2ccccc2-c2nnn[nH]2)cc1)C(C)C. The lowest BCUT2D eigenvalue weighted by Gasteiger charge is -2.12. The number of aromatic nitrogens is 4. The van der Waals surface area contributed by atoms with Crippen LogP contribution in [0.2, 0.25) is 0 Å². The molecule has 1 heterocycles. The lowest BCUT2D eigenvalue weighted by Crippen LogP contribution is -2.21. The first kappa shape index (κ1) is 17.7. The molecule has 6 nitrogen and oxygen atoms in total. The van der Waals surface area contributed by atoms with E-state index in [1.807, 2.05) is 62.4 Å². The van der Waals surface area contributed by atoms with Gasteiger partial charge in [0.1, 0.15) is 6.04 Å². The first-order chi connectivity index (χ1) is 12.6. The van der Waals surface area contributed by atoms with Crippen LogP contribution in [0.25, 0.3) is 22.5 Å². The van der Waals surface area contributed by atoms with Gasteiger partial charge >= 0.3 is 0 Å². The predicted octanol–water partition coefficient (Wildman–Crippen LogP) is 3.57. The van der Waals surface area contributed by atoms with Gasteiger partial charge in [0.25, 0.3) is 0 Å². The van der Waals surface area contributed by atoms with Crippen molar-refractivity contribution < 1.29 is 4.79 Å². The number of aliphatic imine (C=N–C) groups is 1. The van der Waals surface area contributed by atoms with Crippen LogP contribution < -0.4 is 0 Å². The Balaban J connectivity index is 1.86. The minimum absolute atomic E-state index is 0.0856. The molecule has 0 bridgehead atoms. The van der Waals surface area contributed by atoms with Crippen LogP contribution in [0.3, 0.4) is 0 Å². The Morgan fingerprint density at radius 3 is 2.35 bits per heavy atom. The lowest BCUT2D eigenvalue weighted by molar-refractivity contribution is -0.118. The van der Waals surface area contributed by atoms with E-state index in [1.54, 1.807) is 13.1 Å². The summed E-state index contributed by atoms with van der Waals surface area (Å²) in [6.45, 7) is 5.59. The molecule has 26 heavy (non-hydrogen) atoms. The van der Waals surface area contributed by atoms with E-state index in [0.29, 0.717) is 5.82 Å². The van der Waals surface area contributed by atoms with Crippen LogP contribution in [0.15, 0.2) is 53.5 Å². The van der Waals surface area contributed by atoms with Gasteiger partial charge in [0, 0.05) is 11.8 Å². The predicted molar refractivity (Wildman–Crippen MR) is 102 cm³/mol. The summed E-state index contributed by atoms with van der Waals surface area (Å²) in [6, 6.07) is 15.7. The number of tetrazole rings is 1. The maximum absolute atomic E-state index is 11.7. The summed E-state index contributed by atoms with van der Waals surface area (Å²) in [7, 11) is 0. The number of hydrogen-bond donors (Lipinski definition) is 1. The quantitative estimate of drug-likeness (QED) is 0.691. The number of benzene rings is 2. The molecule has 0 amide bonds. The van der Waals surface area contributed by atoms with E-state index >= 15 is 0 Å². The summed E-state index contributed by atoms with van der Waals surface area (Å²) in [5, 5.41) is 14.1. The Hall–Kier alpha value is -3.15. The molecule has 0 radical (unpaired) electrons. The Morgan fingerprint density at radius 1 is 1.08 bits per heavy atom. The highest BCUT2D eigenvalue weighted by atomic mass is 16.1. The van der Waals surface area contributed by atoms with Crippen LogP contribution in [0.5, 0.6) is 0 Å². The number of rotatable bonds is 6. The summed E-state index contributed by atoms with van der Waals surface area (Å²) in [5.41, 5.74) is 3.99. The van der Waals surface area contributed by atoms with Gasteiger partial charge in [-0.05, 0) is 40.0 Å². The molecule has 2 aromatic carbocycles. The molecule has 0 saturated carbocycles. The van der Waals surface area contributed by atoms with E-state index in [9.17, 15) is 4.79 Å². The molecule has 3 rings (SSSR count). The molecule has 0 saturated heterocycles. The van der Waals surface area contributed by atoms with Gasteiger partial charge in [0.2, 0.25) is 0 Å². The average molecular weight is 347 g/mol. The normalized spacial score (nSPS) is 12.6. The van der Waals surface area contributed by atoms with Crippen molar-refractivity contribution in [1.82, 2.24) is 20.6 Å². The van der Waals surface area contributed by atoms with Crippen LogP contribution in [-0.2, 0) is 4.79 Å². The maximum atomic E-state index is 11.7. The summed E-state index contributed by atoms with van der Waals surface area (Å²) in [4.78, 5) is 16.1. The fourth-order valence-corrected chi connectivity index (χ4v) is 2.88. The van der Waals surface area contributed by atoms with Gasteiger partial charge in [0.15, 0.2) is 11.6 Å². The van der Waals surface area contributed by atoms with Crippen LogP contribution in [0, 0.1) is 5.92 Å². The molecular formula is C20H21N5O. The number of nitrogens with one attached hydrogen (secondary N) is 1. The van der Waals surface area contributed by atoms with Gasteiger partial charge in [-0.3, -0.25) is 9.79 Å². The summed E-state index contributed by atoms with van der Waals surface area (Å²) < 4.78 is 0. The second-order valence-corrected chi connectivity index (χ2v) is 6.50. The monoisotopic (exact) mass is 347 g/mol. The highest BCUT2D eigenvalue weighted by Crippen LogP contribution is 2.29. The zero-order valence-electron chi connectivity index (χ0n) is 15.0. The Kier molecular flexibility index (Phi) is 5.31. The second-order valence-electron chi connectivity index (χ2n) is 6.50. The molecule has 1 N–H and O–H groups in total. The molecule has 0 fully saturated rings. The minimum Gasteiger partial charge on any atom is -0.298 e. The third-order valence-electron chi connectivity index (χ3n) is 4.18. The Labute approximate surface area is 152 Å². The largest absolute Gasteiger partial charge is 0.298 e. The number of nitrogens with zero attached hydrogens (tertiary/aromatic N) is 4. The molecule has 3 aromatic rings. The van der Waals surface area contributed by atoms with Gasteiger partial charge in [0.05, 0.1) is 0 Å². The number of ketones is 1. The van der Waals surface area contributed by atoms with Gasteiger partial charge in [-0.2, -0.15) is 0 Å². The maximum Gasteiger partial charge on any atom is 0.180 e. The summed E-state index contributed by atoms with van der Waals surface area (Å²) >= 11 is 0. The standard InChI is InChI=1S/C20H21N5O/c1-13(2)19(14(3)26)21-12-15-8-10-16(11-9-15)17-6-4-5-7-18(17)20-22-24-25-23-20/h4-13,19H,1-3H3,(H,22,23,24,25)/b21-12+/t19-/m0/s1.